The molecule has 4 rings (SSSR count). The van der Waals surface area contributed by atoms with E-state index < -0.39 is 0 Å². The van der Waals surface area contributed by atoms with Crippen molar-refractivity contribution in [2.75, 3.05) is 36.8 Å². The number of nitrogens with zero attached hydrogens (tertiary/aromatic N) is 2. The number of aliphatic hydroxyl groups is 1. The van der Waals surface area contributed by atoms with Crippen molar-refractivity contribution in [3.05, 3.63) is 59.2 Å². The largest absolute Gasteiger partial charge is 0.397 e. The normalized spacial score (nSPS) is 24.2. The lowest BCUT2D eigenvalue weighted by molar-refractivity contribution is 0.0394. The van der Waals surface area contributed by atoms with Crippen molar-refractivity contribution in [2.45, 2.75) is 31.9 Å². The van der Waals surface area contributed by atoms with Crippen LogP contribution in [0.15, 0.2) is 42.5 Å². The smallest absolute Gasteiger partial charge is 0.0739 e. The van der Waals surface area contributed by atoms with Crippen LogP contribution in [0.25, 0.3) is 0 Å². The van der Waals surface area contributed by atoms with Gasteiger partial charge in [-0.15, -0.1) is 0 Å². The zero-order valence-corrected chi connectivity index (χ0v) is 14.9. The van der Waals surface area contributed by atoms with Gasteiger partial charge in [0.25, 0.3) is 0 Å². The predicted molar refractivity (Wildman–Crippen MR) is 103 cm³/mol. The number of anilines is 2. The van der Waals surface area contributed by atoms with Gasteiger partial charge in [-0.1, -0.05) is 30.3 Å². The molecular formula is C21H27N3O. The predicted octanol–water partition coefficient (Wildman–Crippen LogP) is 2.23. The Hall–Kier alpha value is -2.04. The fourth-order valence-electron chi connectivity index (χ4n) is 4.40. The van der Waals surface area contributed by atoms with Gasteiger partial charge in [-0.3, -0.25) is 4.90 Å². The highest BCUT2D eigenvalue weighted by Gasteiger charge is 2.33. The molecule has 0 bridgehead atoms. The average Bonchev–Trinajstić information content (AvgIpc) is 2.63. The molecule has 2 aliphatic rings. The Kier molecular flexibility index (Phi) is 4.40. The number of aliphatic hydroxyl groups excluding tert-OH is 1. The Morgan fingerprint density at radius 2 is 1.72 bits per heavy atom. The summed E-state index contributed by atoms with van der Waals surface area (Å²) in [5, 5.41) is 10.7. The number of hydrogen-bond donors (Lipinski definition) is 2. The molecule has 1 saturated heterocycles. The summed E-state index contributed by atoms with van der Waals surface area (Å²) < 4.78 is 0. The molecule has 2 aromatic carbocycles. The Balaban J connectivity index is 1.45. The average molecular weight is 336 g/mol. The highest BCUT2D eigenvalue weighted by atomic mass is 16.3. The number of hydrogen-bond acceptors (Lipinski definition) is 4. The van der Waals surface area contributed by atoms with Crippen LogP contribution in [0.5, 0.6) is 0 Å². The Morgan fingerprint density at radius 3 is 2.48 bits per heavy atom. The lowest BCUT2D eigenvalue weighted by Crippen LogP contribution is -2.56. The van der Waals surface area contributed by atoms with Gasteiger partial charge in [-0.2, -0.15) is 0 Å². The quantitative estimate of drug-likeness (QED) is 0.826. The van der Waals surface area contributed by atoms with Crippen LogP contribution in [0.4, 0.5) is 11.4 Å². The molecule has 0 amide bonds. The second kappa shape index (κ2) is 6.70. The number of fused-ring (bicyclic) bond motifs is 1. The first-order chi connectivity index (χ1) is 12.1. The van der Waals surface area contributed by atoms with Crippen LogP contribution in [-0.4, -0.2) is 48.3 Å². The molecule has 2 atom stereocenters. The zero-order chi connectivity index (χ0) is 17.4. The highest BCUT2D eigenvalue weighted by Crippen LogP contribution is 2.29. The number of rotatable bonds is 2. The Bertz CT molecular complexity index is 753. The number of aryl methyl sites for hydroxylation is 1. The van der Waals surface area contributed by atoms with Crippen LogP contribution in [0.2, 0.25) is 0 Å². The van der Waals surface area contributed by atoms with E-state index in [1.54, 1.807) is 0 Å². The molecule has 4 heteroatoms. The summed E-state index contributed by atoms with van der Waals surface area (Å²) in [6.07, 6.45) is 1.45. The van der Waals surface area contributed by atoms with E-state index in [0.29, 0.717) is 0 Å². The van der Waals surface area contributed by atoms with Crippen LogP contribution in [0.3, 0.4) is 0 Å². The van der Waals surface area contributed by atoms with Crippen LogP contribution in [-0.2, 0) is 12.8 Å². The summed E-state index contributed by atoms with van der Waals surface area (Å²) in [7, 11) is 0. The minimum absolute atomic E-state index is 0.226. The van der Waals surface area contributed by atoms with Gasteiger partial charge in [-0.25, -0.2) is 0 Å². The summed E-state index contributed by atoms with van der Waals surface area (Å²) in [4.78, 5) is 4.82. The molecule has 1 aliphatic carbocycles. The fraction of sp³-hybridized carbons (Fsp3) is 0.429. The Labute approximate surface area is 149 Å². The van der Waals surface area contributed by atoms with Crippen molar-refractivity contribution in [3.8, 4) is 0 Å². The van der Waals surface area contributed by atoms with Gasteiger partial charge in [0.2, 0.25) is 0 Å². The maximum absolute atomic E-state index is 10.7. The third-order valence-electron chi connectivity index (χ3n) is 5.85. The molecule has 1 heterocycles. The SMILES string of the molecule is [11CH3]c1cccc2c1C[C@@H](O)[C@H](N1CCN(c3ccccc3N)CC1)C2. The third-order valence-corrected chi connectivity index (χ3v) is 5.85. The molecule has 3 N–H and O–H groups in total. The highest BCUT2D eigenvalue weighted by molar-refractivity contribution is 5.67. The monoisotopic (exact) mass is 336 g/mol. The first-order valence-electron chi connectivity index (χ1n) is 9.22. The van der Waals surface area contributed by atoms with Crippen molar-refractivity contribution in [1.82, 2.24) is 4.90 Å². The summed E-state index contributed by atoms with van der Waals surface area (Å²) in [6.45, 7) is 6.00. The molecule has 1 fully saturated rings. The van der Waals surface area contributed by atoms with Crippen LogP contribution in [0, 0.1) is 6.92 Å². The van der Waals surface area contributed by atoms with E-state index >= 15 is 0 Å². The second-order valence-electron chi connectivity index (χ2n) is 7.34. The van der Waals surface area contributed by atoms with Gasteiger partial charge in [0.15, 0.2) is 0 Å². The maximum Gasteiger partial charge on any atom is 0.0739 e. The molecule has 0 saturated carbocycles. The lowest BCUT2D eigenvalue weighted by atomic mass is 9.80. The standard InChI is InChI=1S/C21H27N3O/c1-15-5-4-6-16-13-20(21(25)14-17(15)16)24-11-9-23(10-12-24)19-8-3-2-7-18(19)22/h2-8,20-21,25H,9-14,22H2,1H3/t20-,21-/m1/s1/i1-1. The molecule has 0 unspecified atom stereocenters. The summed E-state index contributed by atoms with van der Waals surface area (Å²) in [5.41, 5.74) is 12.2. The van der Waals surface area contributed by atoms with Crippen molar-refractivity contribution < 1.29 is 5.11 Å². The first kappa shape index (κ1) is 16.4. The fourth-order valence-corrected chi connectivity index (χ4v) is 4.40. The molecule has 0 spiro atoms. The van der Waals surface area contributed by atoms with Crippen molar-refractivity contribution in [3.63, 3.8) is 0 Å². The van der Waals surface area contributed by atoms with E-state index in [4.69, 9.17) is 5.73 Å². The number of nitrogen functional groups attached to an aromatic ring is 1. The van der Waals surface area contributed by atoms with Crippen LogP contribution >= 0.6 is 0 Å². The van der Waals surface area contributed by atoms with Crippen LogP contribution < -0.4 is 10.6 Å². The summed E-state index contributed by atoms with van der Waals surface area (Å²) in [5.74, 6) is 0. The van der Waals surface area contributed by atoms with E-state index in [9.17, 15) is 5.11 Å². The molecule has 25 heavy (non-hydrogen) atoms. The van der Waals surface area contributed by atoms with E-state index in [2.05, 4.69) is 41.0 Å². The zero-order valence-electron chi connectivity index (χ0n) is 14.9. The molecular weight excluding hydrogens is 309 g/mol. The first-order valence-corrected chi connectivity index (χ1v) is 9.22. The maximum atomic E-state index is 10.7. The molecule has 0 aromatic heterocycles. The van der Waals surface area contributed by atoms with Crippen molar-refractivity contribution in [1.29, 1.82) is 0 Å². The van der Waals surface area contributed by atoms with E-state index in [1.165, 1.54) is 16.7 Å². The van der Waals surface area contributed by atoms with Gasteiger partial charge in [0.05, 0.1) is 17.5 Å². The van der Waals surface area contributed by atoms with Crippen LogP contribution in [0.1, 0.15) is 16.7 Å². The number of para-hydroxylation sites is 2. The van der Waals surface area contributed by atoms with Gasteiger partial charge in [0, 0.05) is 38.6 Å². The topological polar surface area (TPSA) is 52.7 Å². The molecule has 4 nitrogen and oxygen atoms in total. The second-order valence-corrected chi connectivity index (χ2v) is 7.34. The third kappa shape index (κ3) is 3.12. The minimum atomic E-state index is -0.276. The number of benzene rings is 2. The van der Waals surface area contributed by atoms with Gasteiger partial charge >= 0.3 is 0 Å². The molecule has 0 radical (unpaired) electrons. The number of piperazine rings is 1. The van der Waals surface area contributed by atoms with Gasteiger partial charge in [0.1, 0.15) is 0 Å². The van der Waals surface area contributed by atoms with E-state index in [0.717, 1.165) is 50.4 Å². The molecule has 132 valence electrons. The van der Waals surface area contributed by atoms with Crippen molar-refractivity contribution in [2.24, 2.45) is 0 Å². The van der Waals surface area contributed by atoms with E-state index in [-0.39, 0.29) is 12.1 Å². The van der Waals surface area contributed by atoms with Gasteiger partial charge < -0.3 is 15.7 Å². The van der Waals surface area contributed by atoms with E-state index in [1.807, 2.05) is 18.2 Å². The lowest BCUT2D eigenvalue weighted by Gasteiger charge is -2.44. The Morgan fingerprint density at radius 1 is 0.960 bits per heavy atom. The van der Waals surface area contributed by atoms with Gasteiger partial charge in [-0.05, 0) is 42.2 Å². The minimum Gasteiger partial charge on any atom is -0.397 e. The molecule has 2 aromatic rings. The van der Waals surface area contributed by atoms with Crippen molar-refractivity contribution >= 4 is 11.4 Å². The number of nitrogens with two attached hydrogens (primary N) is 1. The summed E-state index contributed by atoms with van der Waals surface area (Å²) in [6, 6.07) is 14.8. The summed E-state index contributed by atoms with van der Waals surface area (Å²) >= 11 is 0. The molecule has 1 aliphatic heterocycles.